The lowest BCUT2D eigenvalue weighted by molar-refractivity contribution is -0.320. The van der Waals surface area contributed by atoms with E-state index in [0.29, 0.717) is 19.5 Å². The van der Waals surface area contributed by atoms with E-state index in [2.05, 4.69) is 10.6 Å². The van der Waals surface area contributed by atoms with Crippen LogP contribution in [0.2, 0.25) is 0 Å². The first-order chi connectivity index (χ1) is 20.7. The van der Waals surface area contributed by atoms with Crippen molar-refractivity contribution in [3.05, 3.63) is 0 Å². The molecule has 0 aromatic rings. The Balaban J connectivity index is 1.53. The molecule has 0 bridgehead atoms. The normalized spacial score (nSPS) is 49.5. The zero-order valence-corrected chi connectivity index (χ0v) is 24.2. The number of amides is 1. The van der Waals surface area contributed by atoms with E-state index in [4.69, 9.17) is 47.6 Å². The Bertz CT molecular complexity index is 959. The van der Waals surface area contributed by atoms with Gasteiger partial charge in [-0.15, -0.1) is 0 Å². The van der Waals surface area contributed by atoms with Gasteiger partial charge in [-0.05, 0) is 25.9 Å². The first-order valence-electron chi connectivity index (χ1n) is 14.8. The Morgan fingerprint density at radius 3 is 2.11 bits per heavy atom. The summed E-state index contributed by atoms with van der Waals surface area (Å²) in [6.07, 6.45) is -14.8. The second-order valence-electron chi connectivity index (χ2n) is 12.1. The number of aliphatic hydroxyl groups excluding tert-OH is 6. The van der Waals surface area contributed by atoms with E-state index in [9.17, 15) is 40.5 Å². The second kappa shape index (κ2) is 14.7. The van der Waals surface area contributed by atoms with Gasteiger partial charge in [0.2, 0.25) is 0 Å². The van der Waals surface area contributed by atoms with E-state index in [1.165, 1.54) is 0 Å². The summed E-state index contributed by atoms with van der Waals surface area (Å²) >= 11 is 0. The van der Waals surface area contributed by atoms with Crippen LogP contribution in [-0.2, 0) is 23.7 Å². The third-order valence-corrected chi connectivity index (χ3v) is 8.88. The number of carbonyl (C=O) groups excluding carboxylic acids is 1. The van der Waals surface area contributed by atoms with Crippen LogP contribution in [0.3, 0.4) is 0 Å². The molecule has 17 atom stereocenters. The molecule has 44 heavy (non-hydrogen) atoms. The van der Waals surface area contributed by atoms with Crippen LogP contribution in [0.5, 0.6) is 0 Å². The topological polar surface area (TPSA) is 350 Å². The van der Waals surface area contributed by atoms with Gasteiger partial charge in [0.05, 0.1) is 24.7 Å². The van der Waals surface area contributed by atoms with E-state index >= 15 is 0 Å². The summed E-state index contributed by atoms with van der Waals surface area (Å²) in [7, 11) is 0. The summed E-state index contributed by atoms with van der Waals surface area (Å²) in [5.41, 5.74) is 27.8. The van der Waals surface area contributed by atoms with Crippen molar-refractivity contribution in [1.82, 2.24) is 10.6 Å². The van der Waals surface area contributed by atoms with Crippen LogP contribution < -0.4 is 39.3 Å². The molecule has 19 nitrogen and oxygen atoms in total. The highest BCUT2D eigenvalue weighted by Gasteiger charge is 2.59. The van der Waals surface area contributed by atoms with Gasteiger partial charge in [0.25, 0.3) is 5.91 Å². The maximum absolute atomic E-state index is 12.9. The van der Waals surface area contributed by atoms with Crippen molar-refractivity contribution in [1.29, 1.82) is 0 Å². The van der Waals surface area contributed by atoms with Crippen molar-refractivity contribution >= 4 is 5.91 Å². The summed E-state index contributed by atoms with van der Waals surface area (Å²) < 4.78 is 23.3. The molecule has 4 rings (SSSR count). The molecule has 19 heteroatoms. The van der Waals surface area contributed by atoms with E-state index < -0.39 is 116 Å². The number of carbonyl (C=O) groups is 1. The summed E-state index contributed by atoms with van der Waals surface area (Å²) in [4.78, 5) is 12.9. The molecule has 2 aliphatic carbocycles. The summed E-state index contributed by atoms with van der Waals surface area (Å²) in [5.74, 6) is -0.826. The molecule has 0 aromatic heterocycles. The van der Waals surface area contributed by atoms with E-state index in [0.717, 1.165) is 0 Å². The SMILES string of the molecule is NCCCNC[C@H]1O[C@H](OC2[C@@H](N)C[C@@H](NC(=O)C3(O)CC3N)[C@H](O[C@H]3O[C@H](CO)[C@@H](O)[C@H](N)[C@H]3O)[C@H]2O)[C@H](N)[C@@H](O)[C@@H]1O. The summed E-state index contributed by atoms with van der Waals surface area (Å²) in [6, 6.07) is -5.41. The molecule has 1 amide bonds. The van der Waals surface area contributed by atoms with Crippen molar-refractivity contribution in [2.75, 3.05) is 26.2 Å². The number of hydrogen-bond donors (Lipinski definition) is 14. The number of nitrogens with two attached hydrogens (primary N) is 5. The van der Waals surface area contributed by atoms with Crippen LogP contribution in [0, 0.1) is 0 Å². The smallest absolute Gasteiger partial charge is 0.253 e. The molecular formula is C25H49N7O12. The van der Waals surface area contributed by atoms with Gasteiger partial charge < -0.3 is 94.0 Å². The molecule has 4 fully saturated rings. The third kappa shape index (κ3) is 7.34. The maximum atomic E-state index is 12.9. The Morgan fingerprint density at radius 2 is 1.50 bits per heavy atom. The number of aliphatic hydroxyl groups is 7. The van der Waals surface area contributed by atoms with Crippen molar-refractivity contribution in [3.8, 4) is 0 Å². The van der Waals surface area contributed by atoms with Gasteiger partial charge in [0, 0.05) is 25.0 Å². The maximum Gasteiger partial charge on any atom is 0.253 e. The number of rotatable bonds is 12. The molecule has 4 aliphatic rings. The fourth-order valence-electron chi connectivity index (χ4n) is 5.82. The van der Waals surface area contributed by atoms with Gasteiger partial charge in [-0.1, -0.05) is 0 Å². The Hall–Kier alpha value is -1.21. The van der Waals surface area contributed by atoms with Gasteiger partial charge in [-0.25, -0.2) is 0 Å². The molecule has 256 valence electrons. The van der Waals surface area contributed by atoms with Crippen LogP contribution in [0.15, 0.2) is 0 Å². The molecule has 2 saturated heterocycles. The fraction of sp³-hybridized carbons (Fsp3) is 0.960. The predicted molar refractivity (Wildman–Crippen MR) is 149 cm³/mol. The molecule has 2 aliphatic heterocycles. The average molecular weight is 640 g/mol. The van der Waals surface area contributed by atoms with Gasteiger partial charge >= 0.3 is 0 Å². The largest absolute Gasteiger partial charge is 0.394 e. The molecule has 2 saturated carbocycles. The lowest BCUT2D eigenvalue weighted by Crippen LogP contribution is -2.70. The van der Waals surface area contributed by atoms with Crippen LogP contribution in [-0.4, -0.2) is 171 Å². The van der Waals surface area contributed by atoms with Gasteiger partial charge in [0.1, 0.15) is 54.9 Å². The Morgan fingerprint density at radius 1 is 0.864 bits per heavy atom. The first-order valence-corrected chi connectivity index (χ1v) is 14.8. The minimum atomic E-state index is -1.82. The zero-order valence-electron chi connectivity index (χ0n) is 24.2. The molecule has 0 aromatic carbocycles. The number of ether oxygens (including phenoxy) is 4. The first kappa shape index (κ1) is 35.6. The van der Waals surface area contributed by atoms with Crippen molar-refractivity contribution in [3.63, 3.8) is 0 Å². The molecule has 2 heterocycles. The van der Waals surface area contributed by atoms with Gasteiger partial charge in [-0.3, -0.25) is 4.79 Å². The zero-order chi connectivity index (χ0) is 32.5. The third-order valence-electron chi connectivity index (χ3n) is 8.88. The number of nitrogens with one attached hydrogen (secondary N) is 2. The van der Waals surface area contributed by atoms with Crippen LogP contribution in [0.4, 0.5) is 0 Å². The monoisotopic (exact) mass is 639 g/mol. The predicted octanol–water partition coefficient (Wildman–Crippen LogP) is -8.73. The molecule has 3 unspecified atom stereocenters. The van der Waals surface area contributed by atoms with Gasteiger partial charge in [0.15, 0.2) is 18.2 Å². The molecule has 19 N–H and O–H groups in total. The molecule has 0 radical (unpaired) electrons. The van der Waals surface area contributed by atoms with E-state index in [1.807, 2.05) is 0 Å². The highest BCUT2D eigenvalue weighted by atomic mass is 16.7. The van der Waals surface area contributed by atoms with Crippen LogP contribution in [0.1, 0.15) is 19.3 Å². The van der Waals surface area contributed by atoms with Crippen molar-refractivity contribution < 1.29 is 59.5 Å². The Labute approximate surface area is 253 Å². The van der Waals surface area contributed by atoms with Crippen molar-refractivity contribution in [2.24, 2.45) is 28.7 Å². The molecule has 0 spiro atoms. The van der Waals surface area contributed by atoms with Crippen LogP contribution in [0.25, 0.3) is 0 Å². The van der Waals surface area contributed by atoms with E-state index in [1.54, 1.807) is 0 Å². The van der Waals surface area contributed by atoms with Gasteiger partial charge in [-0.2, -0.15) is 0 Å². The summed E-state index contributed by atoms with van der Waals surface area (Å²) in [5, 5.41) is 79.3. The minimum absolute atomic E-state index is 0.0140. The lowest BCUT2D eigenvalue weighted by atomic mass is 9.83. The quantitative estimate of drug-likeness (QED) is 0.0881. The summed E-state index contributed by atoms with van der Waals surface area (Å²) in [6.45, 7) is 0.445. The minimum Gasteiger partial charge on any atom is -0.394 e. The highest BCUT2D eigenvalue weighted by Crippen LogP contribution is 2.36. The number of hydrogen-bond acceptors (Lipinski definition) is 18. The van der Waals surface area contributed by atoms with E-state index in [-0.39, 0.29) is 19.4 Å². The molecular weight excluding hydrogens is 590 g/mol. The lowest BCUT2D eigenvalue weighted by Gasteiger charge is -2.49. The van der Waals surface area contributed by atoms with Crippen molar-refractivity contribution in [2.45, 2.75) is 123 Å². The highest BCUT2D eigenvalue weighted by molar-refractivity contribution is 5.89. The Kier molecular flexibility index (Phi) is 11.9. The van der Waals surface area contributed by atoms with Crippen LogP contribution >= 0.6 is 0 Å². The average Bonchev–Trinajstić information content (AvgIpc) is 3.62. The standard InChI is InChI=1S/C25H49N7O12/c26-2-1-3-31-6-10-16(35)17(36)14(30)22(41-10)43-20-8(27)4-9(32-24(39)25(40)5-12(25)28)21(19(20)38)44-23-18(37)13(29)15(34)11(7-33)42-23/h8-23,31,33-38,40H,1-7,26-30H2,(H,32,39)/t8-,9+,10+,11+,12?,13-,14+,15+,16+,17+,18+,19-,20?,21-,22+,23+,25?/m0/s1. The second-order valence-corrected chi connectivity index (χ2v) is 12.1. The fourth-order valence-corrected chi connectivity index (χ4v) is 5.82.